The van der Waals surface area contributed by atoms with E-state index in [-0.39, 0.29) is 0 Å². The van der Waals surface area contributed by atoms with Crippen molar-refractivity contribution in [3.05, 3.63) is 18.1 Å². The summed E-state index contributed by atoms with van der Waals surface area (Å²) in [6.45, 7) is 4.94. The minimum atomic E-state index is 0.606. The van der Waals surface area contributed by atoms with E-state index in [2.05, 4.69) is 21.8 Å². The van der Waals surface area contributed by atoms with Gasteiger partial charge in [0, 0.05) is 38.5 Å². The second kappa shape index (κ2) is 7.14. The molecule has 90 valence electrons. The first-order valence-electron chi connectivity index (χ1n) is 5.56. The first-order chi connectivity index (χ1) is 7.81. The summed E-state index contributed by atoms with van der Waals surface area (Å²) in [5, 5.41) is 0. The molecule has 0 saturated carbocycles. The molecule has 0 aromatic carbocycles. The van der Waals surface area contributed by atoms with E-state index in [0.717, 1.165) is 31.0 Å². The van der Waals surface area contributed by atoms with Crippen LogP contribution in [0.4, 0.5) is 5.82 Å². The summed E-state index contributed by atoms with van der Waals surface area (Å²) < 4.78 is 5.07. The molecule has 2 N–H and O–H groups in total. The number of ether oxygens (including phenoxy) is 1. The SMILES string of the molecule is CCc1cc(N(CCN)CCOC)ncn1. The highest BCUT2D eigenvalue weighted by atomic mass is 16.5. The number of anilines is 1. The zero-order chi connectivity index (χ0) is 11.8. The smallest absolute Gasteiger partial charge is 0.132 e. The van der Waals surface area contributed by atoms with Crippen LogP contribution in [0.1, 0.15) is 12.6 Å². The van der Waals surface area contributed by atoms with Gasteiger partial charge in [-0.1, -0.05) is 6.92 Å². The van der Waals surface area contributed by atoms with Crippen LogP contribution in [-0.2, 0) is 11.2 Å². The summed E-state index contributed by atoms with van der Waals surface area (Å²) in [5.41, 5.74) is 6.63. The molecular formula is C11H20N4O. The lowest BCUT2D eigenvalue weighted by molar-refractivity contribution is 0.205. The molecule has 0 radical (unpaired) electrons. The average Bonchev–Trinajstić information content (AvgIpc) is 2.34. The number of hydrogen-bond donors (Lipinski definition) is 1. The van der Waals surface area contributed by atoms with Gasteiger partial charge >= 0.3 is 0 Å². The minimum absolute atomic E-state index is 0.606. The molecule has 0 aliphatic carbocycles. The van der Waals surface area contributed by atoms with E-state index in [9.17, 15) is 0 Å². The van der Waals surface area contributed by atoms with Gasteiger partial charge in [0.1, 0.15) is 12.1 Å². The van der Waals surface area contributed by atoms with E-state index < -0.39 is 0 Å². The minimum Gasteiger partial charge on any atom is -0.383 e. The maximum Gasteiger partial charge on any atom is 0.132 e. The average molecular weight is 224 g/mol. The van der Waals surface area contributed by atoms with Crippen molar-refractivity contribution >= 4 is 5.82 Å². The Kier molecular flexibility index (Phi) is 5.74. The van der Waals surface area contributed by atoms with Crippen molar-refractivity contribution in [2.45, 2.75) is 13.3 Å². The molecule has 16 heavy (non-hydrogen) atoms. The Balaban J connectivity index is 2.73. The lowest BCUT2D eigenvalue weighted by atomic mass is 10.3. The van der Waals surface area contributed by atoms with Crippen LogP contribution in [0.3, 0.4) is 0 Å². The van der Waals surface area contributed by atoms with Crippen LogP contribution in [0.15, 0.2) is 12.4 Å². The second-order valence-corrected chi connectivity index (χ2v) is 3.49. The van der Waals surface area contributed by atoms with Crippen molar-refractivity contribution in [2.75, 3.05) is 38.3 Å². The van der Waals surface area contributed by atoms with Crippen LogP contribution in [-0.4, -0.2) is 43.3 Å². The van der Waals surface area contributed by atoms with Gasteiger partial charge in [-0.15, -0.1) is 0 Å². The highest BCUT2D eigenvalue weighted by Gasteiger charge is 2.07. The third kappa shape index (κ3) is 3.75. The Bertz CT molecular complexity index is 306. The molecule has 1 heterocycles. The molecule has 0 amide bonds. The van der Waals surface area contributed by atoms with Crippen LogP contribution in [0.2, 0.25) is 0 Å². The number of nitrogens with two attached hydrogens (primary N) is 1. The fourth-order valence-corrected chi connectivity index (χ4v) is 1.45. The molecule has 1 aromatic rings. The summed E-state index contributed by atoms with van der Waals surface area (Å²) in [6.07, 6.45) is 2.51. The number of rotatable bonds is 7. The van der Waals surface area contributed by atoms with Crippen molar-refractivity contribution in [3.8, 4) is 0 Å². The summed E-state index contributed by atoms with van der Waals surface area (Å²) in [5.74, 6) is 0.925. The van der Waals surface area contributed by atoms with E-state index in [0.29, 0.717) is 13.2 Å². The topological polar surface area (TPSA) is 64.3 Å². The van der Waals surface area contributed by atoms with Crippen molar-refractivity contribution in [3.63, 3.8) is 0 Å². The largest absolute Gasteiger partial charge is 0.383 e. The van der Waals surface area contributed by atoms with Crippen molar-refractivity contribution in [1.29, 1.82) is 0 Å². The van der Waals surface area contributed by atoms with Crippen LogP contribution in [0.5, 0.6) is 0 Å². The molecule has 0 aliphatic heterocycles. The Morgan fingerprint density at radius 1 is 1.38 bits per heavy atom. The van der Waals surface area contributed by atoms with Crippen LogP contribution < -0.4 is 10.6 Å². The van der Waals surface area contributed by atoms with Crippen molar-refractivity contribution in [2.24, 2.45) is 5.73 Å². The summed E-state index contributed by atoms with van der Waals surface area (Å²) in [4.78, 5) is 10.6. The van der Waals surface area contributed by atoms with E-state index in [4.69, 9.17) is 10.5 Å². The number of nitrogens with zero attached hydrogens (tertiary/aromatic N) is 3. The zero-order valence-corrected chi connectivity index (χ0v) is 10.0. The predicted molar refractivity (Wildman–Crippen MR) is 64.6 cm³/mol. The Morgan fingerprint density at radius 2 is 2.19 bits per heavy atom. The van der Waals surface area contributed by atoms with Gasteiger partial charge in [0.25, 0.3) is 0 Å². The molecule has 1 aromatic heterocycles. The van der Waals surface area contributed by atoms with Gasteiger partial charge in [-0.05, 0) is 6.42 Å². The summed E-state index contributed by atoms with van der Waals surface area (Å²) in [6, 6.07) is 2.01. The number of aryl methyl sites for hydroxylation is 1. The maximum absolute atomic E-state index is 5.58. The monoisotopic (exact) mass is 224 g/mol. The highest BCUT2D eigenvalue weighted by molar-refractivity contribution is 5.38. The molecule has 0 spiro atoms. The van der Waals surface area contributed by atoms with Gasteiger partial charge in [-0.25, -0.2) is 9.97 Å². The van der Waals surface area contributed by atoms with E-state index >= 15 is 0 Å². The normalized spacial score (nSPS) is 10.4. The second-order valence-electron chi connectivity index (χ2n) is 3.49. The van der Waals surface area contributed by atoms with Gasteiger partial charge in [0.15, 0.2) is 0 Å². The summed E-state index contributed by atoms with van der Waals surface area (Å²) in [7, 11) is 1.69. The Labute approximate surface area is 96.6 Å². The predicted octanol–water partition coefficient (Wildman–Crippen LogP) is 0.450. The molecule has 0 unspecified atom stereocenters. The first kappa shape index (κ1) is 12.9. The van der Waals surface area contributed by atoms with Gasteiger partial charge < -0.3 is 15.4 Å². The lowest BCUT2D eigenvalue weighted by Gasteiger charge is -2.22. The molecule has 0 fully saturated rings. The number of hydrogen-bond acceptors (Lipinski definition) is 5. The molecule has 0 atom stereocenters. The molecule has 5 nitrogen and oxygen atoms in total. The molecule has 0 aliphatic rings. The fraction of sp³-hybridized carbons (Fsp3) is 0.636. The van der Waals surface area contributed by atoms with Gasteiger partial charge in [-0.3, -0.25) is 0 Å². The van der Waals surface area contributed by atoms with Gasteiger partial charge in [0.05, 0.1) is 6.61 Å². The zero-order valence-electron chi connectivity index (χ0n) is 10.0. The number of aromatic nitrogens is 2. The quantitative estimate of drug-likeness (QED) is 0.728. The lowest BCUT2D eigenvalue weighted by Crippen LogP contribution is -2.33. The fourth-order valence-electron chi connectivity index (χ4n) is 1.45. The van der Waals surface area contributed by atoms with Gasteiger partial charge in [0.2, 0.25) is 0 Å². The van der Waals surface area contributed by atoms with Crippen molar-refractivity contribution in [1.82, 2.24) is 9.97 Å². The Hall–Kier alpha value is -1.20. The van der Waals surface area contributed by atoms with E-state index in [1.54, 1.807) is 13.4 Å². The van der Waals surface area contributed by atoms with Crippen LogP contribution in [0.25, 0.3) is 0 Å². The molecular weight excluding hydrogens is 204 g/mol. The Morgan fingerprint density at radius 3 is 2.81 bits per heavy atom. The molecule has 0 bridgehead atoms. The molecule has 0 saturated heterocycles. The van der Waals surface area contributed by atoms with E-state index in [1.165, 1.54) is 0 Å². The number of methoxy groups -OCH3 is 1. The first-order valence-corrected chi connectivity index (χ1v) is 5.56. The van der Waals surface area contributed by atoms with Gasteiger partial charge in [-0.2, -0.15) is 0 Å². The summed E-state index contributed by atoms with van der Waals surface area (Å²) >= 11 is 0. The van der Waals surface area contributed by atoms with Crippen LogP contribution in [0, 0.1) is 0 Å². The third-order valence-electron chi connectivity index (χ3n) is 2.36. The van der Waals surface area contributed by atoms with E-state index in [1.807, 2.05) is 6.07 Å². The third-order valence-corrected chi connectivity index (χ3v) is 2.36. The molecule has 5 heteroatoms. The van der Waals surface area contributed by atoms with Crippen molar-refractivity contribution < 1.29 is 4.74 Å². The standard InChI is InChI=1S/C11H20N4O/c1-3-10-8-11(14-9-13-10)15(5-4-12)6-7-16-2/h8-9H,3-7,12H2,1-2H3. The highest BCUT2D eigenvalue weighted by Crippen LogP contribution is 2.10. The maximum atomic E-state index is 5.58. The molecule has 1 rings (SSSR count). The van der Waals surface area contributed by atoms with Crippen LogP contribution >= 0.6 is 0 Å².